The zero-order valence-electron chi connectivity index (χ0n) is 17.2. The van der Waals surface area contributed by atoms with Crippen molar-refractivity contribution in [2.75, 3.05) is 41.3 Å². The standard InChI is InChI=1S/C22H29N5O2/c1-16-14-27(15-17(2)29-16)21-8-6-18(12-23-21)22(28)25-19-7-9-20(24-13-19)26-10-4-3-5-11-26/h6-9,12-13,16-17H,3-5,10-11,14-15H2,1-2H3,(H,25,28). The van der Waals surface area contributed by atoms with Crippen molar-refractivity contribution in [2.24, 2.45) is 0 Å². The number of hydrogen-bond donors (Lipinski definition) is 1. The Balaban J connectivity index is 1.37. The second-order valence-corrected chi connectivity index (χ2v) is 7.97. The van der Waals surface area contributed by atoms with Crippen LogP contribution in [0, 0.1) is 0 Å². The number of ether oxygens (including phenoxy) is 1. The van der Waals surface area contributed by atoms with E-state index < -0.39 is 0 Å². The Labute approximate surface area is 172 Å². The fourth-order valence-corrected chi connectivity index (χ4v) is 4.05. The molecule has 0 aliphatic carbocycles. The third kappa shape index (κ3) is 4.85. The number of hydrogen-bond acceptors (Lipinski definition) is 6. The predicted octanol–water partition coefficient (Wildman–Crippen LogP) is 3.33. The Morgan fingerprint density at radius 2 is 1.59 bits per heavy atom. The highest BCUT2D eigenvalue weighted by Gasteiger charge is 2.23. The molecule has 2 aliphatic rings. The van der Waals surface area contributed by atoms with Crippen LogP contribution in [0.15, 0.2) is 36.7 Å². The molecule has 4 heterocycles. The highest BCUT2D eigenvalue weighted by atomic mass is 16.5. The van der Waals surface area contributed by atoms with Crippen molar-refractivity contribution >= 4 is 23.2 Å². The summed E-state index contributed by atoms with van der Waals surface area (Å²) in [5.41, 5.74) is 1.22. The molecule has 7 nitrogen and oxygen atoms in total. The Kier molecular flexibility index (Phi) is 5.94. The maximum absolute atomic E-state index is 12.6. The van der Waals surface area contributed by atoms with Crippen LogP contribution in [-0.4, -0.2) is 54.3 Å². The predicted molar refractivity (Wildman–Crippen MR) is 115 cm³/mol. The SMILES string of the molecule is CC1CN(c2ccc(C(=O)Nc3ccc(N4CCCCC4)nc3)cn2)CC(C)O1. The molecule has 0 radical (unpaired) electrons. The number of carbonyl (C=O) groups is 1. The molecule has 2 unspecified atom stereocenters. The third-order valence-electron chi connectivity index (χ3n) is 5.44. The molecule has 29 heavy (non-hydrogen) atoms. The summed E-state index contributed by atoms with van der Waals surface area (Å²) < 4.78 is 5.77. The van der Waals surface area contributed by atoms with Crippen molar-refractivity contribution in [1.82, 2.24) is 9.97 Å². The minimum atomic E-state index is -0.180. The molecule has 2 fully saturated rings. The van der Waals surface area contributed by atoms with E-state index in [9.17, 15) is 4.79 Å². The molecule has 0 saturated carbocycles. The number of amides is 1. The molecule has 2 saturated heterocycles. The number of morpholine rings is 1. The lowest BCUT2D eigenvalue weighted by molar-refractivity contribution is -0.00546. The number of pyridine rings is 2. The largest absolute Gasteiger partial charge is 0.372 e. The zero-order chi connectivity index (χ0) is 20.2. The van der Waals surface area contributed by atoms with Crippen LogP contribution in [-0.2, 0) is 4.74 Å². The van der Waals surface area contributed by atoms with Crippen LogP contribution in [0.4, 0.5) is 17.3 Å². The fourth-order valence-electron chi connectivity index (χ4n) is 4.05. The van der Waals surface area contributed by atoms with Gasteiger partial charge in [0.15, 0.2) is 0 Å². The summed E-state index contributed by atoms with van der Waals surface area (Å²) in [6.07, 6.45) is 7.41. The number of piperidine rings is 1. The summed E-state index contributed by atoms with van der Waals surface area (Å²) in [5.74, 6) is 1.67. The highest BCUT2D eigenvalue weighted by molar-refractivity contribution is 6.04. The van der Waals surface area contributed by atoms with Gasteiger partial charge in [0.05, 0.1) is 29.7 Å². The van der Waals surface area contributed by atoms with E-state index in [1.54, 1.807) is 12.4 Å². The maximum atomic E-state index is 12.6. The molecule has 7 heteroatoms. The average molecular weight is 396 g/mol. The van der Waals surface area contributed by atoms with Gasteiger partial charge in [0.2, 0.25) is 0 Å². The second kappa shape index (κ2) is 8.78. The number of nitrogens with zero attached hydrogens (tertiary/aromatic N) is 4. The van der Waals surface area contributed by atoms with Crippen molar-refractivity contribution in [3.05, 3.63) is 42.2 Å². The summed E-state index contributed by atoms with van der Waals surface area (Å²) in [6.45, 7) is 7.84. The molecule has 2 atom stereocenters. The van der Waals surface area contributed by atoms with Crippen molar-refractivity contribution in [3.63, 3.8) is 0 Å². The summed E-state index contributed by atoms with van der Waals surface area (Å²) >= 11 is 0. The van der Waals surface area contributed by atoms with Gasteiger partial charge in [-0.1, -0.05) is 0 Å². The third-order valence-corrected chi connectivity index (χ3v) is 5.44. The molecule has 0 bridgehead atoms. The Morgan fingerprint density at radius 3 is 2.21 bits per heavy atom. The molecule has 4 rings (SSSR count). The molecule has 2 aromatic heterocycles. The van der Waals surface area contributed by atoms with Gasteiger partial charge in [0.25, 0.3) is 5.91 Å². The monoisotopic (exact) mass is 395 g/mol. The van der Waals surface area contributed by atoms with Gasteiger partial charge < -0.3 is 19.9 Å². The van der Waals surface area contributed by atoms with Gasteiger partial charge in [-0.05, 0) is 57.4 Å². The fraction of sp³-hybridized carbons (Fsp3) is 0.500. The molecule has 1 N–H and O–H groups in total. The topological polar surface area (TPSA) is 70.6 Å². The number of nitrogens with one attached hydrogen (secondary N) is 1. The second-order valence-electron chi connectivity index (χ2n) is 7.97. The zero-order valence-corrected chi connectivity index (χ0v) is 17.2. The van der Waals surface area contributed by atoms with E-state index >= 15 is 0 Å². The lowest BCUT2D eigenvalue weighted by Crippen LogP contribution is -2.45. The Bertz CT molecular complexity index is 808. The van der Waals surface area contributed by atoms with Crippen LogP contribution in [0.5, 0.6) is 0 Å². The Hall–Kier alpha value is -2.67. The first-order valence-electron chi connectivity index (χ1n) is 10.5. The maximum Gasteiger partial charge on any atom is 0.257 e. The van der Waals surface area contributed by atoms with E-state index in [1.165, 1.54) is 19.3 Å². The molecule has 0 aromatic carbocycles. The van der Waals surface area contributed by atoms with Gasteiger partial charge in [-0.15, -0.1) is 0 Å². The van der Waals surface area contributed by atoms with Crippen LogP contribution < -0.4 is 15.1 Å². The number of aromatic nitrogens is 2. The van der Waals surface area contributed by atoms with Gasteiger partial charge in [0, 0.05) is 32.4 Å². The molecule has 0 spiro atoms. The van der Waals surface area contributed by atoms with Gasteiger partial charge in [-0.25, -0.2) is 9.97 Å². The van der Waals surface area contributed by atoms with Crippen molar-refractivity contribution in [1.29, 1.82) is 0 Å². The Morgan fingerprint density at radius 1 is 0.931 bits per heavy atom. The summed E-state index contributed by atoms with van der Waals surface area (Å²) in [6, 6.07) is 7.60. The molecule has 2 aliphatic heterocycles. The molecule has 2 aromatic rings. The van der Waals surface area contributed by atoms with Crippen LogP contribution in [0.25, 0.3) is 0 Å². The number of carbonyl (C=O) groups excluding carboxylic acids is 1. The van der Waals surface area contributed by atoms with Gasteiger partial charge in [-0.2, -0.15) is 0 Å². The first kappa shape index (κ1) is 19.6. The van der Waals surface area contributed by atoms with Crippen molar-refractivity contribution in [2.45, 2.75) is 45.3 Å². The lowest BCUT2D eigenvalue weighted by Gasteiger charge is -2.36. The van der Waals surface area contributed by atoms with E-state index in [2.05, 4.69) is 38.9 Å². The quantitative estimate of drug-likeness (QED) is 0.856. The number of rotatable bonds is 4. The normalized spacial score (nSPS) is 22.4. The van der Waals surface area contributed by atoms with Crippen LogP contribution in [0.2, 0.25) is 0 Å². The summed E-state index contributed by atoms with van der Waals surface area (Å²) in [5, 5.41) is 2.91. The van der Waals surface area contributed by atoms with E-state index in [0.29, 0.717) is 11.3 Å². The van der Waals surface area contributed by atoms with Crippen LogP contribution in [0.1, 0.15) is 43.5 Å². The highest BCUT2D eigenvalue weighted by Crippen LogP contribution is 2.21. The van der Waals surface area contributed by atoms with Crippen LogP contribution in [0.3, 0.4) is 0 Å². The molecule has 154 valence electrons. The van der Waals surface area contributed by atoms with Crippen molar-refractivity contribution < 1.29 is 9.53 Å². The molecule has 1 amide bonds. The van der Waals surface area contributed by atoms with Gasteiger partial charge >= 0.3 is 0 Å². The minimum absolute atomic E-state index is 0.170. The summed E-state index contributed by atoms with van der Waals surface area (Å²) in [7, 11) is 0. The summed E-state index contributed by atoms with van der Waals surface area (Å²) in [4.78, 5) is 26.1. The number of anilines is 3. The molecular weight excluding hydrogens is 366 g/mol. The van der Waals surface area contributed by atoms with E-state index in [0.717, 1.165) is 37.8 Å². The first-order valence-corrected chi connectivity index (χ1v) is 10.5. The van der Waals surface area contributed by atoms with Crippen molar-refractivity contribution in [3.8, 4) is 0 Å². The first-order chi connectivity index (χ1) is 14.1. The molecular formula is C22H29N5O2. The van der Waals surface area contributed by atoms with E-state index in [4.69, 9.17) is 4.74 Å². The van der Waals surface area contributed by atoms with Gasteiger partial charge in [-0.3, -0.25) is 4.79 Å². The minimum Gasteiger partial charge on any atom is -0.372 e. The smallest absolute Gasteiger partial charge is 0.257 e. The van der Waals surface area contributed by atoms with E-state index in [-0.39, 0.29) is 18.1 Å². The van der Waals surface area contributed by atoms with E-state index in [1.807, 2.05) is 24.3 Å². The average Bonchev–Trinajstić information content (AvgIpc) is 2.74. The van der Waals surface area contributed by atoms with Gasteiger partial charge in [0.1, 0.15) is 11.6 Å². The lowest BCUT2D eigenvalue weighted by atomic mass is 10.1. The van der Waals surface area contributed by atoms with Crippen LogP contribution >= 0.6 is 0 Å².